The van der Waals surface area contributed by atoms with E-state index < -0.39 is 5.97 Å². The van der Waals surface area contributed by atoms with Gasteiger partial charge in [0, 0.05) is 17.7 Å². The van der Waals surface area contributed by atoms with Crippen molar-refractivity contribution in [1.82, 2.24) is 4.90 Å². The lowest BCUT2D eigenvalue weighted by Gasteiger charge is -2.30. The first kappa shape index (κ1) is 17.8. The van der Waals surface area contributed by atoms with Crippen molar-refractivity contribution in [2.24, 2.45) is 0 Å². The van der Waals surface area contributed by atoms with E-state index in [2.05, 4.69) is 18.7 Å². The number of aliphatic carboxylic acids is 1. The van der Waals surface area contributed by atoms with Gasteiger partial charge in [-0.2, -0.15) is 0 Å². The number of rotatable bonds is 11. The first-order valence-corrected chi connectivity index (χ1v) is 9.42. The molecule has 20 heavy (non-hydrogen) atoms. The van der Waals surface area contributed by atoms with Gasteiger partial charge in [0.2, 0.25) is 0 Å². The number of hydrogen-bond donors (Lipinski definition) is 1. The highest BCUT2D eigenvalue weighted by Crippen LogP contribution is 2.28. The molecule has 0 bridgehead atoms. The molecule has 2 atom stereocenters. The zero-order valence-corrected chi connectivity index (χ0v) is 14.0. The molecular formula is C16H31NO2S. The molecule has 1 saturated heterocycles. The van der Waals surface area contributed by atoms with Gasteiger partial charge in [0.25, 0.3) is 0 Å². The van der Waals surface area contributed by atoms with Crippen molar-refractivity contribution in [2.75, 3.05) is 11.6 Å². The second kappa shape index (κ2) is 10.5. The predicted octanol–water partition coefficient (Wildman–Crippen LogP) is 4.37. The van der Waals surface area contributed by atoms with E-state index in [-0.39, 0.29) is 6.04 Å². The van der Waals surface area contributed by atoms with Gasteiger partial charge < -0.3 is 5.11 Å². The molecule has 0 radical (unpaired) electrons. The quantitative estimate of drug-likeness (QED) is 0.575. The fourth-order valence-corrected chi connectivity index (χ4v) is 4.19. The molecular weight excluding hydrogens is 270 g/mol. The molecule has 1 N–H and O–H groups in total. The maximum Gasteiger partial charge on any atom is 0.321 e. The third-order valence-electron chi connectivity index (χ3n) is 4.20. The summed E-state index contributed by atoms with van der Waals surface area (Å²) < 4.78 is 0. The van der Waals surface area contributed by atoms with Crippen LogP contribution in [0.1, 0.15) is 71.6 Å². The Morgan fingerprint density at radius 3 is 2.45 bits per heavy atom. The summed E-state index contributed by atoms with van der Waals surface area (Å²) in [6.45, 7) is 4.45. The Kier molecular flexibility index (Phi) is 9.36. The van der Waals surface area contributed by atoms with E-state index in [1.54, 1.807) is 11.8 Å². The van der Waals surface area contributed by atoms with Gasteiger partial charge in [0.15, 0.2) is 0 Å². The van der Waals surface area contributed by atoms with Gasteiger partial charge in [-0.05, 0) is 12.8 Å². The van der Waals surface area contributed by atoms with Gasteiger partial charge in [-0.25, -0.2) is 0 Å². The van der Waals surface area contributed by atoms with Gasteiger partial charge >= 0.3 is 5.97 Å². The van der Waals surface area contributed by atoms with Crippen LogP contribution in [0.15, 0.2) is 0 Å². The maximum absolute atomic E-state index is 11.4. The van der Waals surface area contributed by atoms with E-state index in [0.29, 0.717) is 6.04 Å². The van der Waals surface area contributed by atoms with Crippen molar-refractivity contribution in [3.8, 4) is 0 Å². The fraction of sp³-hybridized carbons (Fsp3) is 0.938. The lowest BCUT2D eigenvalue weighted by Crippen LogP contribution is -2.44. The maximum atomic E-state index is 11.4. The molecule has 0 aromatic rings. The zero-order chi connectivity index (χ0) is 14.8. The van der Waals surface area contributed by atoms with Crippen molar-refractivity contribution in [1.29, 1.82) is 0 Å². The third-order valence-corrected chi connectivity index (χ3v) is 5.23. The van der Waals surface area contributed by atoms with Crippen molar-refractivity contribution in [3.05, 3.63) is 0 Å². The minimum Gasteiger partial charge on any atom is -0.480 e. The number of hydrogen-bond acceptors (Lipinski definition) is 3. The first-order valence-electron chi connectivity index (χ1n) is 8.27. The Labute approximate surface area is 128 Å². The molecule has 0 spiro atoms. The molecule has 1 heterocycles. The van der Waals surface area contributed by atoms with Crippen LogP contribution in [0.2, 0.25) is 0 Å². The van der Waals surface area contributed by atoms with Crippen molar-refractivity contribution >= 4 is 17.7 Å². The van der Waals surface area contributed by atoms with Gasteiger partial charge in [-0.15, -0.1) is 11.8 Å². The molecule has 3 nitrogen and oxygen atoms in total. The lowest BCUT2D eigenvalue weighted by atomic mass is 9.99. The van der Waals surface area contributed by atoms with E-state index in [1.165, 1.54) is 51.4 Å². The number of carboxylic acid groups (broad SMARTS) is 1. The van der Waals surface area contributed by atoms with Crippen LogP contribution < -0.4 is 0 Å². The summed E-state index contributed by atoms with van der Waals surface area (Å²) in [6.07, 6.45) is 11.2. The van der Waals surface area contributed by atoms with Crippen molar-refractivity contribution in [3.63, 3.8) is 0 Å². The molecule has 118 valence electrons. The molecule has 0 amide bonds. The molecule has 1 rings (SSSR count). The van der Waals surface area contributed by atoms with Crippen LogP contribution in [0, 0.1) is 0 Å². The first-order chi connectivity index (χ1) is 9.70. The highest BCUT2D eigenvalue weighted by molar-refractivity contribution is 7.99. The summed E-state index contributed by atoms with van der Waals surface area (Å²) in [5, 5.41) is 9.34. The van der Waals surface area contributed by atoms with Crippen molar-refractivity contribution < 1.29 is 9.90 Å². The lowest BCUT2D eigenvalue weighted by molar-refractivity contribution is -0.142. The molecule has 0 aromatic carbocycles. The molecule has 1 fully saturated rings. The minimum absolute atomic E-state index is 0.252. The molecule has 1 aliphatic rings. The smallest absolute Gasteiger partial charge is 0.321 e. The number of unbranched alkanes of at least 4 members (excludes halogenated alkanes) is 5. The largest absolute Gasteiger partial charge is 0.480 e. The average Bonchev–Trinajstić information content (AvgIpc) is 2.91. The van der Waals surface area contributed by atoms with Crippen LogP contribution in [0.4, 0.5) is 0 Å². The Morgan fingerprint density at radius 2 is 1.80 bits per heavy atom. The summed E-state index contributed by atoms with van der Waals surface area (Å²) in [7, 11) is 0. The zero-order valence-electron chi connectivity index (χ0n) is 13.1. The number of carbonyl (C=O) groups is 1. The average molecular weight is 301 g/mol. The highest BCUT2D eigenvalue weighted by atomic mass is 32.2. The predicted molar refractivity (Wildman–Crippen MR) is 87.3 cm³/mol. The molecule has 1 unspecified atom stereocenters. The third kappa shape index (κ3) is 6.04. The Balaban J connectivity index is 2.43. The fourth-order valence-electron chi connectivity index (χ4n) is 2.93. The van der Waals surface area contributed by atoms with E-state index in [0.717, 1.165) is 18.1 Å². The highest BCUT2D eigenvalue weighted by Gasteiger charge is 2.35. The molecule has 0 aliphatic carbocycles. The van der Waals surface area contributed by atoms with E-state index in [4.69, 9.17) is 0 Å². The summed E-state index contributed by atoms with van der Waals surface area (Å²) in [5.74, 6) is 1.02. The van der Waals surface area contributed by atoms with Crippen molar-refractivity contribution in [2.45, 2.75) is 83.7 Å². The van der Waals surface area contributed by atoms with Crippen LogP contribution in [0.25, 0.3) is 0 Å². The van der Waals surface area contributed by atoms with Gasteiger partial charge in [-0.3, -0.25) is 9.69 Å². The van der Waals surface area contributed by atoms with E-state index >= 15 is 0 Å². The van der Waals surface area contributed by atoms with Crippen LogP contribution in [0.3, 0.4) is 0 Å². The Hall–Kier alpha value is -0.220. The Bertz CT molecular complexity index is 273. The summed E-state index contributed by atoms with van der Waals surface area (Å²) >= 11 is 1.77. The topological polar surface area (TPSA) is 40.5 Å². The minimum atomic E-state index is -0.637. The summed E-state index contributed by atoms with van der Waals surface area (Å²) in [4.78, 5) is 13.6. The SMILES string of the molecule is CCCCCCCC(CCCC)N1CSC[C@H]1C(=O)O. The standard InChI is InChI=1S/C16H31NO2S/c1-3-5-7-8-9-11-14(10-6-4-2)17-13-20-12-15(17)16(18)19/h14-15H,3-13H2,1-2H3,(H,18,19)/t14?,15-/m0/s1. The van der Waals surface area contributed by atoms with Gasteiger partial charge in [-0.1, -0.05) is 58.8 Å². The second-order valence-electron chi connectivity index (χ2n) is 5.87. The summed E-state index contributed by atoms with van der Waals surface area (Å²) in [5.41, 5.74) is 0. The van der Waals surface area contributed by atoms with E-state index in [9.17, 15) is 9.90 Å². The number of thioether (sulfide) groups is 1. The number of nitrogens with zero attached hydrogens (tertiary/aromatic N) is 1. The van der Waals surface area contributed by atoms with E-state index in [1.807, 2.05) is 0 Å². The number of carboxylic acids is 1. The van der Waals surface area contributed by atoms with Crippen LogP contribution in [0.5, 0.6) is 0 Å². The Morgan fingerprint density at radius 1 is 1.15 bits per heavy atom. The molecule has 1 aliphatic heterocycles. The van der Waals surface area contributed by atoms with Gasteiger partial charge in [0.1, 0.15) is 6.04 Å². The van der Waals surface area contributed by atoms with Gasteiger partial charge in [0.05, 0.1) is 0 Å². The second-order valence-corrected chi connectivity index (χ2v) is 6.87. The summed E-state index contributed by atoms with van der Waals surface area (Å²) in [6, 6.07) is 0.227. The van der Waals surface area contributed by atoms with Crippen LogP contribution in [-0.2, 0) is 4.79 Å². The van der Waals surface area contributed by atoms with Crippen LogP contribution >= 0.6 is 11.8 Å². The molecule has 0 aromatic heterocycles. The molecule has 0 saturated carbocycles. The molecule has 4 heteroatoms. The monoisotopic (exact) mass is 301 g/mol. The van der Waals surface area contributed by atoms with Crippen LogP contribution in [-0.4, -0.2) is 39.7 Å². The normalized spacial score (nSPS) is 21.2.